The molecule has 2 aromatic rings. The summed E-state index contributed by atoms with van der Waals surface area (Å²) in [5.41, 5.74) is 1.33. The van der Waals surface area contributed by atoms with Crippen molar-refractivity contribution in [2.24, 2.45) is 0 Å². The van der Waals surface area contributed by atoms with Crippen LogP contribution in [-0.4, -0.2) is 41.4 Å². The summed E-state index contributed by atoms with van der Waals surface area (Å²) in [6.45, 7) is 2.54. The molecule has 5 nitrogen and oxygen atoms in total. The van der Waals surface area contributed by atoms with Crippen LogP contribution in [0.15, 0.2) is 24.3 Å². The van der Waals surface area contributed by atoms with E-state index in [-0.39, 0.29) is 11.1 Å². The van der Waals surface area contributed by atoms with Crippen molar-refractivity contribution < 1.29 is 4.79 Å². The third-order valence-corrected chi connectivity index (χ3v) is 5.43. The summed E-state index contributed by atoms with van der Waals surface area (Å²) in [6, 6.07) is 9.45. The Bertz CT molecular complexity index is 794. The molecule has 0 radical (unpaired) electrons. The SMILES string of the molecule is N#Cc1c(Cl)nsc1N1CCN(C(=O)Cc2cccc(Cl)c2)CC1. The van der Waals surface area contributed by atoms with Gasteiger partial charge in [0.2, 0.25) is 5.91 Å². The van der Waals surface area contributed by atoms with Crippen molar-refractivity contribution in [3.8, 4) is 6.07 Å². The molecule has 1 fully saturated rings. The first-order valence-electron chi connectivity index (χ1n) is 7.41. The minimum atomic E-state index is 0.0831. The lowest BCUT2D eigenvalue weighted by Crippen LogP contribution is -2.49. The van der Waals surface area contributed by atoms with Crippen LogP contribution in [0, 0.1) is 11.3 Å². The number of amides is 1. The minimum Gasteiger partial charge on any atom is -0.358 e. The number of halogens is 2. The van der Waals surface area contributed by atoms with Gasteiger partial charge in [0.25, 0.3) is 0 Å². The summed E-state index contributed by atoms with van der Waals surface area (Å²) in [7, 11) is 0. The second kappa shape index (κ2) is 7.39. The van der Waals surface area contributed by atoms with Crippen LogP contribution in [0.5, 0.6) is 0 Å². The molecule has 2 heterocycles. The fourth-order valence-corrected chi connectivity index (χ4v) is 3.96. The first kappa shape index (κ1) is 17.0. The first-order chi connectivity index (χ1) is 11.6. The highest BCUT2D eigenvalue weighted by molar-refractivity contribution is 7.10. The number of aromatic nitrogens is 1. The number of benzene rings is 1. The average molecular weight is 381 g/mol. The molecular weight excluding hydrogens is 367 g/mol. The van der Waals surface area contributed by atoms with Crippen LogP contribution in [0.2, 0.25) is 10.2 Å². The molecule has 0 saturated carbocycles. The molecule has 1 aliphatic rings. The predicted molar refractivity (Wildman–Crippen MR) is 95.8 cm³/mol. The van der Waals surface area contributed by atoms with E-state index >= 15 is 0 Å². The molecule has 0 bridgehead atoms. The number of hydrogen-bond donors (Lipinski definition) is 0. The smallest absolute Gasteiger partial charge is 0.227 e. The van der Waals surface area contributed by atoms with Crippen LogP contribution < -0.4 is 4.90 Å². The highest BCUT2D eigenvalue weighted by Crippen LogP contribution is 2.31. The zero-order chi connectivity index (χ0) is 17.1. The summed E-state index contributed by atoms with van der Waals surface area (Å²) >= 11 is 13.1. The number of anilines is 1. The number of hydrogen-bond acceptors (Lipinski definition) is 5. The van der Waals surface area contributed by atoms with Crippen molar-refractivity contribution in [3.63, 3.8) is 0 Å². The normalized spacial score (nSPS) is 14.5. The number of carbonyl (C=O) groups is 1. The zero-order valence-corrected chi connectivity index (χ0v) is 15.0. The molecular formula is C16H14Cl2N4OS. The maximum Gasteiger partial charge on any atom is 0.227 e. The van der Waals surface area contributed by atoms with E-state index in [9.17, 15) is 10.1 Å². The van der Waals surface area contributed by atoms with Crippen molar-refractivity contribution in [2.45, 2.75) is 6.42 Å². The average Bonchev–Trinajstić information content (AvgIpc) is 2.95. The summed E-state index contributed by atoms with van der Waals surface area (Å²) in [4.78, 5) is 16.3. The Balaban J connectivity index is 1.60. The molecule has 1 aromatic heterocycles. The molecule has 0 N–H and O–H groups in total. The minimum absolute atomic E-state index is 0.0831. The van der Waals surface area contributed by atoms with Crippen LogP contribution in [-0.2, 0) is 11.2 Å². The van der Waals surface area contributed by atoms with E-state index in [1.165, 1.54) is 11.5 Å². The second-order valence-electron chi connectivity index (χ2n) is 5.44. The third kappa shape index (κ3) is 3.64. The Hall–Kier alpha value is -1.81. The van der Waals surface area contributed by atoms with E-state index in [1.807, 2.05) is 23.1 Å². The first-order valence-corrected chi connectivity index (χ1v) is 8.94. The Morgan fingerprint density at radius 1 is 1.29 bits per heavy atom. The van der Waals surface area contributed by atoms with Gasteiger partial charge in [-0.3, -0.25) is 4.79 Å². The standard InChI is InChI=1S/C16H14Cl2N4OS/c17-12-3-1-2-11(8-12)9-14(23)21-4-6-22(7-5-21)16-13(10-19)15(18)20-24-16/h1-3,8H,4-7,9H2. The van der Waals surface area contributed by atoms with E-state index in [2.05, 4.69) is 15.3 Å². The lowest BCUT2D eigenvalue weighted by molar-refractivity contribution is -0.130. The van der Waals surface area contributed by atoms with Gasteiger partial charge < -0.3 is 9.80 Å². The van der Waals surface area contributed by atoms with Crippen molar-refractivity contribution >= 4 is 45.6 Å². The van der Waals surface area contributed by atoms with E-state index in [0.717, 1.165) is 10.6 Å². The number of carbonyl (C=O) groups excluding carboxylic acids is 1. The monoisotopic (exact) mass is 380 g/mol. The van der Waals surface area contributed by atoms with Crippen molar-refractivity contribution in [3.05, 3.63) is 45.6 Å². The second-order valence-corrected chi connectivity index (χ2v) is 6.99. The van der Waals surface area contributed by atoms with Crippen molar-refractivity contribution in [1.29, 1.82) is 5.26 Å². The van der Waals surface area contributed by atoms with Gasteiger partial charge in [0.05, 0.1) is 6.42 Å². The number of nitrogens with zero attached hydrogens (tertiary/aromatic N) is 4. The van der Waals surface area contributed by atoms with Crippen LogP contribution in [0.25, 0.3) is 0 Å². The van der Waals surface area contributed by atoms with Crippen molar-refractivity contribution in [2.75, 3.05) is 31.1 Å². The highest BCUT2D eigenvalue weighted by atomic mass is 35.5. The third-order valence-electron chi connectivity index (χ3n) is 3.91. The van der Waals surface area contributed by atoms with Gasteiger partial charge in [0.15, 0.2) is 5.15 Å². The van der Waals surface area contributed by atoms with E-state index in [1.54, 1.807) is 6.07 Å². The van der Waals surface area contributed by atoms with Gasteiger partial charge in [-0.05, 0) is 29.2 Å². The number of piperazine rings is 1. The molecule has 3 rings (SSSR count). The summed E-state index contributed by atoms with van der Waals surface area (Å²) < 4.78 is 4.03. The topological polar surface area (TPSA) is 60.2 Å². The molecule has 1 amide bonds. The summed E-state index contributed by atoms with van der Waals surface area (Å²) in [5.74, 6) is 0.0831. The molecule has 0 spiro atoms. The Labute approximate surface area is 154 Å². The lowest BCUT2D eigenvalue weighted by atomic mass is 10.1. The highest BCUT2D eigenvalue weighted by Gasteiger charge is 2.25. The molecule has 0 atom stereocenters. The van der Waals surface area contributed by atoms with Gasteiger partial charge in [-0.15, -0.1) is 0 Å². The molecule has 0 aliphatic carbocycles. The van der Waals surface area contributed by atoms with Crippen LogP contribution in [0.1, 0.15) is 11.1 Å². The maximum absolute atomic E-state index is 12.4. The van der Waals surface area contributed by atoms with Crippen LogP contribution in [0.4, 0.5) is 5.00 Å². The van der Waals surface area contributed by atoms with Crippen LogP contribution >= 0.6 is 34.7 Å². The van der Waals surface area contributed by atoms with E-state index in [0.29, 0.717) is 43.2 Å². The largest absolute Gasteiger partial charge is 0.358 e. The fraction of sp³-hybridized carbons (Fsp3) is 0.312. The Morgan fingerprint density at radius 3 is 2.71 bits per heavy atom. The van der Waals surface area contributed by atoms with Gasteiger partial charge in [0, 0.05) is 31.2 Å². The molecule has 1 aliphatic heterocycles. The molecule has 124 valence electrons. The molecule has 8 heteroatoms. The van der Waals surface area contributed by atoms with Gasteiger partial charge in [-0.25, -0.2) is 0 Å². The van der Waals surface area contributed by atoms with E-state index in [4.69, 9.17) is 23.2 Å². The van der Waals surface area contributed by atoms with E-state index < -0.39 is 0 Å². The van der Waals surface area contributed by atoms with Crippen molar-refractivity contribution in [1.82, 2.24) is 9.27 Å². The summed E-state index contributed by atoms with van der Waals surface area (Å²) in [5, 5.41) is 10.8. The Kier molecular flexibility index (Phi) is 5.24. The fourth-order valence-electron chi connectivity index (χ4n) is 2.66. The predicted octanol–water partition coefficient (Wildman–Crippen LogP) is 3.21. The van der Waals surface area contributed by atoms with Crippen LogP contribution in [0.3, 0.4) is 0 Å². The molecule has 0 unspecified atom stereocenters. The van der Waals surface area contributed by atoms with Gasteiger partial charge in [-0.2, -0.15) is 9.64 Å². The quantitative estimate of drug-likeness (QED) is 0.819. The lowest BCUT2D eigenvalue weighted by Gasteiger charge is -2.35. The molecule has 1 aromatic carbocycles. The maximum atomic E-state index is 12.4. The van der Waals surface area contributed by atoms with Gasteiger partial charge in [0.1, 0.15) is 16.6 Å². The zero-order valence-electron chi connectivity index (χ0n) is 12.7. The number of nitriles is 1. The summed E-state index contributed by atoms with van der Waals surface area (Å²) in [6.07, 6.45) is 0.344. The Morgan fingerprint density at radius 2 is 2.04 bits per heavy atom. The van der Waals surface area contributed by atoms with Gasteiger partial charge in [-0.1, -0.05) is 35.3 Å². The molecule has 1 saturated heterocycles. The number of rotatable bonds is 3. The van der Waals surface area contributed by atoms with Gasteiger partial charge >= 0.3 is 0 Å². The molecule has 24 heavy (non-hydrogen) atoms.